The van der Waals surface area contributed by atoms with Crippen molar-refractivity contribution in [3.05, 3.63) is 169 Å². The summed E-state index contributed by atoms with van der Waals surface area (Å²) in [5.74, 6) is 0. The minimum atomic E-state index is 1.16. The van der Waals surface area contributed by atoms with Gasteiger partial charge in [0.25, 0.3) is 0 Å². The summed E-state index contributed by atoms with van der Waals surface area (Å²) in [5, 5.41) is 7.62. The Hall–Kier alpha value is -6.12. The van der Waals surface area contributed by atoms with Crippen molar-refractivity contribution >= 4 is 60.4 Å². The first-order chi connectivity index (χ1) is 23.6. The van der Waals surface area contributed by atoms with E-state index in [2.05, 4.69) is 181 Å². The van der Waals surface area contributed by atoms with Crippen LogP contribution < -0.4 is 4.90 Å². The largest absolute Gasteiger partial charge is 0.310 e. The average Bonchev–Trinajstić information content (AvgIpc) is 3.45. The molecule has 0 spiro atoms. The molecule has 0 saturated heterocycles. The first-order valence-electron chi connectivity index (χ1n) is 16.7. The molecule has 1 aliphatic rings. The molecule has 0 unspecified atom stereocenters. The van der Waals surface area contributed by atoms with E-state index in [4.69, 9.17) is 0 Å². The maximum atomic E-state index is 2.40. The van der Waals surface area contributed by atoms with E-state index in [9.17, 15) is 0 Å². The smallest absolute Gasteiger partial charge is 0.0541 e. The lowest BCUT2D eigenvalue weighted by Crippen LogP contribution is -2.10. The van der Waals surface area contributed by atoms with Gasteiger partial charge in [-0.15, -0.1) is 0 Å². The molecule has 1 aromatic heterocycles. The molecule has 0 saturated carbocycles. The van der Waals surface area contributed by atoms with Crippen molar-refractivity contribution in [3.8, 4) is 27.9 Å². The maximum Gasteiger partial charge on any atom is 0.0541 e. The summed E-state index contributed by atoms with van der Waals surface area (Å²) in [4.78, 5) is 2.37. The fourth-order valence-corrected chi connectivity index (χ4v) is 7.86. The number of fused-ring (bicyclic) bond motifs is 9. The number of rotatable bonds is 4. The van der Waals surface area contributed by atoms with E-state index < -0.39 is 0 Å². The van der Waals surface area contributed by atoms with E-state index in [0.717, 1.165) is 5.69 Å². The molecule has 9 aromatic rings. The molecule has 10 rings (SSSR count). The van der Waals surface area contributed by atoms with Crippen LogP contribution >= 0.6 is 0 Å². The van der Waals surface area contributed by atoms with E-state index in [-0.39, 0.29) is 0 Å². The standard InChI is InChI=1S/C46H32N2/c1-29-9-7-11-35(21-29)47(36-12-8-10-30(2)22-36)37-19-17-31-25-41-43(27-33(31)23-37)42-26-32-18-20-38(24-34(32)28-44(41)42)48-45-15-5-3-13-39(45)40-14-4-6-16-46(40)48/h3-28H,1-2H3. The van der Waals surface area contributed by atoms with Crippen LogP contribution in [0, 0.1) is 13.8 Å². The quantitative estimate of drug-likeness (QED) is 0.192. The number of hydrogen-bond donors (Lipinski definition) is 0. The van der Waals surface area contributed by atoms with Crippen molar-refractivity contribution in [2.75, 3.05) is 4.90 Å². The Morgan fingerprint density at radius 1 is 0.375 bits per heavy atom. The summed E-state index contributed by atoms with van der Waals surface area (Å²) in [6, 6.07) is 58.3. The number of para-hydroxylation sites is 2. The second-order valence-corrected chi connectivity index (χ2v) is 13.2. The zero-order valence-electron chi connectivity index (χ0n) is 26.9. The second kappa shape index (κ2) is 10.2. The van der Waals surface area contributed by atoms with Crippen molar-refractivity contribution in [1.29, 1.82) is 0 Å². The average molecular weight is 613 g/mol. The summed E-state index contributed by atoms with van der Waals surface area (Å²) in [6.45, 7) is 4.31. The molecule has 1 aliphatic carbocycles. The minimum Gasteiger partial charge on any atom is -0.310 e. The van der Waals surface area contributed by atoms with E-state index in [1.807, 2.05) is 0 Å². The normalized spacial score (nSPS) is 12.0. The maximum absolute atomic E-state index is 2.40. The van der Waals surface area contributed by atoms with Crippen LogP contribution in [0.25, 0.3) is 71.3 Å². The summed E-state index contributed by atoms with van der Waals surface area (Å²) >= 11 is 0. The molecular formula is C46H32N2. The van der Waals surface area contributed by atoms with Crippen molar-refractivity contribution in [2.24, 2.45) is 0 Å². The van der Waals surface area contributed by atoms with Gasteiger partial charge in [0.1, 0.15) is 0 Å². The first kappa shape index (κ1) is 27.0. The van der Waals surface area contributed by atoms with E-state index in [1.165, 1.54) is 93.8 Å². The third-order valence-electron chi connectivity index (χ3n) is 10.1. The number of nitrogens with zero attached hydrogens (tertiary/aromatic N) is 2. The van der Waals surface area contributed by atoms with Gasteiger partial charge in [0.05, 0.1) is 11.0 Å². The lowest BCUT2D eigenvalue weighted by atomic mass is 9.78. The van der Waals surface area contributed by atoms with Crippen LogP contribution in [0.5, 0.6) is 0 Å². The zero-order chi connectivity index (χ0) is 31.9. The van der Waals surface area contributed by atoms with Crippen molar-refractivity contribution < 1.29 is 0 Å². The molecule has 0 N–H and O–H groups in total. The SMILES string of the molecule is Cc1cccc(N(c2cccc(C)c2)c2ccc3cc4c(cc3c2)-c2cc3ccc(-n5c6ccccc6c6ccccc65)cc3cc2-4)c1. The number of benzene rings is 8. The lowest BCUT2D eigenvalue weighted by Gasteiger charge is -2.28. The Labute approximate surface area is 279 Å². The zero-order valence-corrected chi connectivity index (χ0v) is 26.9. The summed E-state index contributed by atoms with van der Waals surface area (Å²) in [6.07, 6.45) is 0. The predicted octanol–water partition coefficient (Wildman–Crippen LogP) is 12.8. The minimum absolute atomic E-state index is 1.16. The Morgan fingerprint density at radius 3 is 1.42 bits per heavy atom. The van der Waals surface area contributed by atoms with Gasteiger partial charge in [-0.25, -0.2) is 0 Å². The van der Waals surface area contributed by atoms with E-state index in [1.54, 1.807) is 0 Å². The van der Waals surface area contributed by atoms with Crippen LogP contribution in [0.15, 0.2) is 158 Å². The number of hydrogen-bond acceptors (Lipinski definition) is 1. The molecule has 0 amide bonds. The molecular weight excluding hydrogens is 581 g/mol. The van der Waals surface area contributed by atoms with Crippen LogP contribution in [0.1, 0.15) is 11.1 Å². The Morgan fingerprint density at radius 2 is 0.854 bits per heavy atom. The number of anilines is 3. The van der Waals surface area contributed by atoms with E-state index in [0.29, 0.717) is 0 Å². The van der Waals surface area contributed by atoms with Crippen LogP contribution in [-0.4, -0.2) is 4.57 Å². The third-order valence-corrected chi connectivity index (χ3v) is 10.1. The second-order valence-electron chi connectivity index (χ2n) is 13.2. The highest BCUT2D eigenvalue weighted by Crippen LogP contribution is 2.51. The molecule has 0 atom stereocenters. The van der Waals surface area contributed by atoms with E-state index >= 15 is 0 Å². The van der Waals surface area contributed by atoms with Gasteiger partial charge in [-0.1, -0.05) is 72.8 Å². The Kier molecular flexibility index (Phi) is 5.74. The van der Waals surface area contributed by atoms with Gasteiger partial charge in [0.15, 0.2) is 0 Å². The molecule has 8 aromatic carbocycles. The molecule has 0 aliphatic heterocycles. The predicted molar refractivity (Wildman–Crippen MR) is 204 cm³/mol. The molecule has 2 nitrogen and oxygen atoms in total. The van der Waals surface area contributed by atoms with Crippen LogP contribution in [0.2, 0.25) is 0 Å². The highest BCUT2D eigenvalue weighted by Gasteiger charge is 2.24. The monoisotopic (exact) mass is 612 g/mol. The van der Waals surface area contributed by atoms with Crippen molar-refractivity contribution in [1.82, 2.24) is 4.57 Å². The molecule has 48 heavy (non-hydrogen) atoms. The van der Waals surface area contributed by atoms with Crippen LogP contribution in [-0.2, 0) is 0 Å². The highest BCUT2D eigenvalue weighted by molar-refractivity contribution is 6.13. The topological polar surface area (TPSA) is 8.17 Å². The molecule has 0 radical (unpaired) electrons. The number of aryl methyl sites for hydroxylation is 2. The van der Waals surface area contributed by atoms with Crippen molar-refractivity contribution in [3.63, 3.8) is 0 Å². The van der Waals surface area contributed by atoms with Crippen LogP contribution in [0.4, 0.5) is 17.1 Å². The molecule has 0 bridgehead atoms. The van der Waals surface area contributed by atoms with Gasteiger partial charge in [-0.2, -0.15) is 0 Å². The molecule has 0 fully saturated rings. The molecule has 2 heteroatoms. The fourth-order valence-electron chi connectivity index (χ4n) is 7.86. The van der Waals surface area contributed by atoms with Gasteiger partial charge < -0.3 is 9.47 Å². The first-order valence-corrected chi connectivity index (χ1v) is 16.7. The molecule has 1 heterocycles. The highest BCUT2D eigenvalue weighted by atomic mass is 15.1. The van der Waals surface area contributed by atoms with Gasteiger partial charge >= 0.3 is 0 Å². The van der Waals surface area contributed by atoms with Crippen LogP contribution in [0.3, 0.4) is 0 Å². The van der Waals surface area contributed by atoms with Gasteiger partial charge in [-0.3, -0.25) is 0 Å². The lowest BCUT2D eigenvalue weighted by molar-refractivity contribution is 1.19. The Bertz CT molecular complexity index is 2670. The Balaban J connectivity index is 1.07. The summed E-state index contributed by atoms with van der Waals surface area (Å²) in [5.41, 5.74) is 15.0. The third kappa shape index (κ3) is 4.06. The fraction of sp³-hybridized carbons (Fsp3) is 0.0435. The summed E-state index contributed by atoms with van der Waals surface area (Å²) in [7, 11) is 0. The summed E-state index contributed by atoms with van der Waals surface area (Å²) < 4.78 is 2.40. The van der Waals surface area contributed by atoms with Gasteiger partial charge in [0, 0.05) is 33.5 Å². The molecule has 226 valence electrons. The number of aromatic nitrogens is 1. The van der Waals surface area contributed by atoms with Crippen molar-refractivity contribution in [2.45, 2.75) is 13.8 Å². The van der Waals surface area contributed by atoms with Gasteiger partial charge in [0.2, 0.25) is 0 Å². The van der Waals surface area contributed by atoms with Gasteiger partial charge in [-0.05, 0) is 154 Å².